The number of halogens is 1. The summed E-state index contributed by atoms with van der Waals surface area (Å²) in [6.45, 7) is 2.75. The van der Waals surface area contributed by atoms with Crippen molar-refractivity contribution in [3.05, 3.63) is 101 Å². The number of hydrogen-bond donors (Lipinski definition) is 3. The average molecular weight is 513 g/mol. The fraction of sp³-hybridized carbons (Fsp3) is 0.259. The largest absolute Gasteiger partial charge is 0.394 e. The van der Waals surface area contributed by atoms with E-state index in [1.165, 1.54) is 36.4 Å². The topological polar surface area (TPSA) is 113 Å². The number of benzene rings is 3. The van der Waals surface area contributed by atoms with Crippen LogP contribution in [0.2, 0.25) is 0 Å². The molecule has 0 radical (unpaired) electrons. The second-order valence-corrected chi connectivity index (χ2v) is 10.8. The van der Waals surface area contributed by atoms with E-state index in [0.717, 1.165) is 5.56 Å². The SMILES string of the molecule is CC(C)(CO)NS(=O)(=O)c1ccc(CC(=O)[C@H](Cc2ccccc2)NC(=O)c2ccc(F)cc2)cc1. The quantitative estimate of drug-likeness (QED) is 0.366. The summed E-state index contributed by atoms with van der Waals surface area (Å²) in [6.07, 6.45) is 0.232. The summed E-state index contributed by atoms with van der Waals surface area (Å²) in [5.41, 5.74) is 0.639. The number of ketones is 1. The first kappa shape index (κ1) is 27.2. The van der Waals surface area contributed by atoms with E-state index >= 15 is 0 Å². The van der Waals surface area contributed by atoms with Gasteiger partial charge in [-0.25, -0.2) is 17.5 Å². The van der Waals surface area contributed by atoms with Crippen LogP contribution in [0.5, 0.6) is 0 Å². The molecule has 0 aliphatic rings. The molecule has 7 nitrogen and oxygen atoms in total. The van der Waals surface area contributed by atoms with Gasteiger partial charge in [0.1, 0.15) is 5.82 Å². The third-order valence-electron chi connectivity index (χ3n) is 5.50. The summed E-state index contributed by atoms with van der Waals surface area (Å²) >= 11 is 0. The van der Waals surface area contributed by atoms with Crippen molar-refractivity contribution < 1.29 is 27.5 Å². The van der Waals surface area contributed by atoms with Crippen molar-refractivity contribution in [2.75, 3.05) is 6.61 Å². The monoisotopic (exact) mass is 512 g/mol. The molecule has 0 aliphatic carbocycles. The van der Waals surface area contributed by atoms with Gasteiger partial charge in [-0.3, -0.25) is 9.59 Å². The molecule has 3 aromatic rings. The molecule has 0 saturated heterocycles. The predicted octanol–water partition coefficient (Wildman–Crippen LogP) is 3.03. The third-order valence-corrected chi connectivity index (χ3v) is 7.22. The smallest absolute Gasteiger partial charge is 0.251 e. The van der Waals surface area contributed by atoms with Crippen LogP contribution in [-0.4, -0.2) is 43.4 Å². The maximum absolute atomic E-state index is 13.2. The minimum Gasteiger partial charge on any atom is -0.394 e. The summed E-state index contributed by atoms with van der Waals surface area (Å²) in [6, 6.07) is 19.3. The maximum Gasteiger partial charge on any atom is 0.251 e. The third kappa shape index (κ3) is 7.55. The first-order chi connectivity index (χ1) is 17.0. The molecule has 0 fully saturated rings. The first-order valence-corrected chi connectivity index (χ1v) is 12.8. The standard InChI is InChI=1S/C27H29FN2O5S/c1-27(2,18-31)30-36(34,35)23-14-8-20(9-15-23)17-25(32)24(16-19-6-4-3-5-7-19)29-26(33)21-10-12-22(28)13-11-21/h3-15,24,30-31H,16-18H2,1-2H3,(H,29,33)/t24-/m0/s1. The lowest BCUT2D eigenvalue weighted by atomic mass is 9.97. The van der Waals surface area contributed by atoms with Crippen LogP contribution in [0.25, 0.3) is 0 Å². The molecule has 0 aliphatic heterocycles. The number of nitrogens with one attached hydrogen (secondary N) is 2. The van der Waals surface area contributed by atoms with E-state index in [1.807, 2.05) is 30.3 Å². The van der Waals surface area contributed by atoms with E-state index < -0.39 is 33.3 Å². The number of Topliss-reactive ketones (excluding diaryl/α,β-unsaturated/α-hetero) is 1. The summed E-state index contributed by atoms with van der Waals surface area (Å²) in [7, 11) is -3.86. The van der Waals surface area contributed by atoms with E-state index in [9.17, 15) is 27.5 Å². The van der Waals surface area contributed by atoms with E-state index in [4.69, 9.17) is 0 Å². The molecule has 3 N–H and O–H groups in total. The molecule has 0 bridgehead atoms. The molecule has 0 aromatic heterocycles. The van der Waals surface area contributed by atoms with Gasteiger partial charge >= 0.3 is 0 Å². The summed E-state index contributed by atoms with van der Waals surface area (Å²) in [5.74, 6) is -1.23. The Labute approximate surface area is 210 Å². The zero-order valence-corrected chi connectivity index (χ0v) is 20.9. The first-order valence-electron chi connectivity index (χ1n) is 11.4. The molecule has 0 saturated carbocycles. The van der Waals surface area contributed by atoms with Gasteiger partial charge in [-0.1, -0.05) is 42.5 Å². The number of sulfonamides is 1. The van der Waals surface area contributed by atoms with Gasteiger partial charge < -0.3 is 10.4 Å². The second-order valence-electron chi connectivity index (χ2n) is 9.16. The molecule has 0 unspecified atom stereocenters. The zero-order valence-electron chi connectivity index (χ0n) is 20.1. The van der Waals surface area contributed by atoms with Crippen LogP contribution in [-0.2, 0) is 27.7 Å². The van der Waals surface area contributed by atoms with Crippen molar-refractivity contribution in [3.63, 3.8) is 0 Å². The van der Waals surface area contributed by atoms with Crippen LogP contribution in [0.3, 0.4) is 0 Å². The Morgan fingerprint density at radius 1 is 0.917 bits per heavy atom. The molecule has 0 heterocycles. The fourth-order valence-corrected chi connectivity index (χ4v) is 4.91. The highest BCUT2D eigenvalue weighted by Crippen LogP contribution is 2.16. The van der Waals surface area contributed by atoms with Crippen LogP contribution in [0.1, 0.15) is 35.3 Å². The number of carbonyl (C=O) groups is 2. The molecule has 0 spiro atoms. The van der Waals surface area contributed by atoms with Crippen LogP contribution < -0.4 is 10.0 Å². The molecule has 36 heavy (non-hydrogen) atoms. The number of carbonyl (C=O) groups excluding carboxylic acids is 2. The molecule has 9 heteroatoms. The van der Waals surface area contributed by atoms with Crippen molar-refractivity contribution in [3.8, 4) is 0 Å². The van der Waals surface area contributed by atoms with Crippen molar-refractivity contribution in [1.29, 1.82) is 0 Å². The fourth-order valence-electron chi connectivity index (χ4n) is 3.50. The second kappa shape index (κ2) is 11.6. The van der Waals surface area contributed by atoms with Gasteiger partial charge in [-0.15, -0.1) is 0 Å². The Hall–Kier alpha value is -3.40. The number of hydrogen-bond acceptors (Lipinski definition) is 5. The molecule has 1 atom stereocenters. The van der Waals surface area contributed by atoms with Gasteiger partial charge in [0.05, 0.1) is 23.1 Å². The van der Waals surface area contributed by atoms with E-state index in [2.05, 4.69) is 10.0 Å². The van der Waals surface area contributed by atoms with Gasteiger partial charge in [0.15, 0.2) is 5.78 Å². The minimum absolute atomic E-state index is 0.00525. The molecular weight excluding hydrogens is 483 g/mol. The number of amides is 1. The summed E-state index contributed by atoms with van der Waals surface area (Å²) < 4.78 is 40.8. The van der Waals surface area contributed by atoms with Crippen LogP contribution in [0, 0.1) is 5.82 Å². The van der Waals surface area contributed by atoms with E-state index in [-0.39, 0.29) is 35.7 Å². The Morgan fingerprint density at radius 3 is 2.11 bits per heavy atom. The lowest BCUT2D eigenvalue weighted by molar-refractivity contribution is -0.120. The lowest BCUT2D eigenvalue weighted by Gasteiger charge is -2.23. The molecule has 3 aromatic carbocycles. The van der Waals surface area contributed by atoms with Crippen molar-refractivity contribution >= 4 is 21.7 Å². The van der Waals surface area contributed by atoms with Gasteiger partial charge in [0.2, 0.25) is 10.0 Å². The molecule has 190 valence electrons. The van der Waals surface area contributed by atoms with Gasteiger partial charge in [-0.05, 0) is 67.8 Å². The number of aliphatic hydroxyl groups is 1. The minimum atomic E-state index is -3.86. The Kier molecular flexibility index (Phi) is 8.73. The summed E-state index contributed by atoms with van der Waals surface area (Å²) in [4.78, 5) is 25.9. The number of aliphatic hydroxyl groups excluding tert-OH is 1. The Bertz CT molecular complexity index is 1290. The van der Waals surface area contributed by atoms with E-state index in [1.54, 1.807) is 26.0 Å². The Balaban J connectivity index is 1.76. The molecule has 1 amide bonds. The lowest BCUT2D eigenvalue weighted by Crippen LogP contribution is -2.46. The van der Waals surface area contributed by atoms with Crippen LogP contribution in [0.4, 0.5) is 4.39 Å². The predicted molar refractivity (Wildman–Crippen MR) is 134 cm³/mol. The molecular formula is C27H29FN2O5S. The van der Waals surface area contributed by atoms with Crippen molar-refractivity contribution in [2.45, 2.75) is 43.2 Å². The van der Waals surface area contributed by atoms with Gasteiger partial charge in [-0.2, -0.15) is 0 Å². The highest BCUT2D eigenvalue weighted by atomic mass is 32.2. The average Bonchev–Trinajstić information content (AvgIpc) is 2.84. The van der Waals surface area contributed by atoms with Crippen molar-refractivity contribution in [2.24, 2.45) is 0 Å². The Morgan fingerprint density at radius 2 is 1.53 bits per heavy atom. The number of rotatable bonds is 11. The van der Waals surface area contributed by atoms with E-state index in [0.29, 0.717) is 5.56 Å². The molecule has 3 rings (SSSR count). The van der Waals surface area contributed by atoms with Crippen LogP contribution in [0.15, 0.2) is 83.8 Å². The van der Waals surface area contributed by atoms with Crippen molar-refractivity contribution in [1.82, 2.24) is 10.0 Å². The normalized spacial score (nSPS) is 12.7. The van der Waals surface area contributed by atoms with Crippen LogP contribution >= 0.6 is 0 Å². The maximum atomic E-state index is 13.2. The highest BCUT2D eigenvalue weighted by Gasteiger charge is 2.26. The highest BCUT2D eigenvalue weighted by molar-refractivity contribution is 7.89. The van der Waals surface area contributed by atoms with Gasteiger partial charge in [0, 0.05) is 12.0 Å². The summed E-state index contributed by atoms with van der Waals surface area (Å²) in [5, 5.41) is 12.1. The van der Waals surface area contributed by atoms with Gasteiger partial charge in [0.25, 0.3) is 5.91 Å². The zero-order chi connectivity index (χ0) is 26.3.